The highest BCUT2D eigenvalue weighted by Crippen LogP contribution is 2.30. The van der Waals surface area contributed by atoms with Gasteiger partial charge in [0.05, 0.1) is 11.4 Å². The Hall–Kier alpha value is -1.97. The van der Waals surface area contributed by atoms with E-state index in [2.05, 4.69) is 0 Å². The number of hydrogen-bond acceptors (Lipinski definition) is 3. The summed E-state index contributed by atoms with van der Waals surface area (Å²) in [6.07, 6.45) is 0. The summed E-state index contributed by atoms with van der Waals surface area (Å²) in [5.41, 5.74) is 6.85. The number of nitrogens with zero attached hydrogens (tertiary/aromatic N) is 1. The van der Waals surface area contributed by atoms with Crippen LogP contribution in [0.1, 0.15) is 5.76 Å². The molecular weight excluding hydrogens is 207 g/mol. The maximum Gasteiger partial charge on any atom is 0.199 e. The Balaban J connectivity index is 2.37. The van der Waals surface area contributed by atoms with E-state index in [9.17, 15) is 4.39 Å². The van der Waals surface area contributed by atoms with Gasteiger partial charge in [0.1, 0.15) is 11.6 Å². The van der Waals surface area contributed by atoms with Gasteiger partial charge in [0.2, 0.25) is 0 Å². The molecule has 1 aromatic heterocycles. The van der Waals surface area contributed by atoms with Crippen LogP contribution in [0.25, 0.3) is 0 Å². The molecule has 3 nitrogen and oxygen atoms in total. The zero-order chi connectivity index (χ0) is 11.7. The van der Waals surface area contributed by atoms with Gasteiger partial charge in [-0.1, -0.05) is 0 Å². The zero-order valence-corrected chi connectivity index (χ0v) is 9.20. The average molecular weight is 220 g/mol. The molecule has 1 aromatic carbocycles. The number of anilines is 3. The van der Waals surface area contributed by atoms with Crippen LogP contribution in [0.2, 0.25) is 0 Å². The highest BCUT2D eigenvalue weighted by atomic mass is 19.1. The SMILES string of the molecule is Cc1ccc(N(C)c2ccc(F)cc2N)o1. The summed E-state index contributed by atoms with van der Waals surface area (Å²) in [6, 6.07) is 8.01. The Morgan fingerprint density at radius 1 is 1.25 bits per heavy atom. The molecule has 0 saturated carbocycles. The Morgan fingerprint density at radius 2 is 2.00 bits per heavy atom. The van der Waals surface area contributed by atoms with Gasteiger partial charge in [0.15, 0.2) is 5.88 Å². The Morgan fingerprint density at radius 3 is 2.56 bits per heavy atom. The van der Waals surface area contributed by atoms with Crippen LogP contribution in [-0.2, 0) is 0 Å². The van der Waals surface area contributed by atoms with Crippen LogP contribution in [0, 0.1) is 12.7 Å². The standard InChI is InChI=1S/C12H13FN2O/c1-8-3-6-12(16-8)15(2)11-5-4-9(13)7-10(11)14/h3-7H,14H2,1-2H3. The van der Waals surface area contributed by atoms with Gasteiger partial charge in [-0.2, -0.15) is 0 Å². The molecule has 0 aliphatic carbocycles. The van der Waals surface area contributed by atoms with Gasteiger partial charge in [0.25, 0.3) is 0 Å². The molecular formula is C12H13FN2O. The Kier molecular flexibility index (Phi) is 2.56. The molecule has 1 heterocycles. The van der Waals surface area contributed by atoms with Crippen molar-refractivity contribution in [2.75, 3.05) is 17.7 Å². The number of furan rings is 1. The topological polar surface area (TPSA) is 42.4 Å². The summed E-state index contributed by atoms with van der Waals surface area (Å²) >= 11 is 0. The number of rotatable bonds is 2. The predicted octanol–water partition coefficient (Wildman–Crippen LogP) is 3.08. The van der Waals surface area contributed by atoms with Gasteiger partial charge < -0.3 is 15.1 Å². The molecule has 0 amide bonds. The van der Waals surface area contributed by atoms with Gasteiger partial charge in [-0.15, -0.1) is 0 Å². The fourth-order valence-corrected chi connectivity index (χ4v) is 1.55. The van der Waals surface area contributed by atoms with Crippen LogP contribution in [0.3, 0.4) is 0 Å². The first-order valence-corrected chi connectivity index (χ1v) is 4.93. The Labute approximate surface area is 93.3 Å². The van der Waals surface area contributed by atoms with Crippen LogP contribution < -0.4 is 10.6 Å². The highest BCUT2D eigenvalue weighted by molar-refractivity contribution is 5.72. The predicted molar refractivity (Wildman–Crippen MR) is 62.3 cm³/mol. The maximum absolute atomic E-state index is 12.9. The second-order valence-electron chi connectivity index (χ2n) is 3.65. The fourth-order valence-electron chi connectivity index (χ4n) is 1.55. The average Bonchev–Trinajstić information content (AvgIpc) is 2.64. The summed E-state index contributed by atoms with van der Waals surface area (Å²) in [4.78, 5) is 1.78. The molecule has 4 heteroatoms. The van der Waals surface area contributed by atoms with Crippen LogP contribution in [0.4, 0.5) is 21.6 Å². The molecule has 2 rings (SSSR count). The molecule has 0 unspecified atom stereocenters. The molecule has 16 heavy (non-hydrogen) atoms. The normalized spacial score (nSPS) is 10.4. The molecule has 0 aliphatic rings. The van der Waals surface area contributed by atoms with E-state index in [0.717, 1.165) is 11.4 Å². The van der Waals surface area contributed by atoms with E-state index in [1.165, 1.54) is 12.1 Å². The summed E-state index contributed by atoms with van der Waals surface area (Å²) in [7, 11) is 1.82. The molecule has 0 bridgehead atoms. The summed E-state index contributed by atoms with van der Waals surface area (Å²) in [5, 5.41) is 0. The second-order valence-corrected chi connectivity index (χ2v) is 3.65. The summed E-state index contributed by atoms with van der Waals surface area (Å²) in [5.74, 6) is 1.16. The van der Waals surface area contributed by atoms with Crippen molar-refractivity contribution in [3.05, 3.63) is 41.9 Å². The minimum atomic E-state index is -0.342. The highest BCUT2D eigenvalue weighted by Gasteiger charge is 2.10. The van der Waals surface area contributed by atoms with Gasteiger partial charge in [-0.25, -0.2) is 4.39 Å². The lowest BCUT2D eigenvalue weighted by atomic mass is 10.2. The Bertz CT molecular complexity index is 507. The number of nitrogen functional groups attached to an aromatic ring is 1. The monoisotopic (exact) mass is 220 g/mol. The third-order valence-electron chi connectivity index (χ3n) is 2.41. The fraction of sp³-hybridized carbons (Fsp3) is 0.167. The van der Waals surface area contributed by atoms with Crippen molar-refractivity contribution in [1.82, 2.24) is 0 Å². The molecule has 2 aromatic rings. The minimum absolute atomic E-state index is 0.342. The number of halogens is 1. The van der Waals surface area contributed by atoms with E-state index in [0.29, 0.717) is 11.6 Å². The van der Waals surface area contributed by atoms with Crippen LogP contribution in [0.15, 0.2) is 34.7 Å². The minimum Gasteiger partial charge on any atom is -0.446 e. The summed E-state index contributed by atoms with van der Waals surface area (Å²) in [6.45, 7) is 1.87. The van der Waals surface area contributed by atoms with Gasteiger partial charge in [0, 0.05) is 13.1 Å². The van der Waals surface area contributed by atoms with Gasteiger partial charge in [-0.3, -0.25) is 0 Å². The zero-order valence-electron chi connectivity index (χ0n) is 9.20. The first-order chi connectivity index (χ1) is 7.58. The molecule has 0 aliphatic heterocycles. The third-order valence-corrected chi connectivity index (χ3v) is 2.41. The van der Waals surface area contributed by atoms with E-state index in [1.807, 2.05) is 26.1 Å². The molecule has 0 radical (unpaired) electrons. The number of benzene rings is 1. The number of aryl methyl sites for hydroxylation is 1. The summed E-state index contributed by atoms with van der Waals surface area (Å²) < 4.78 is 18.4. The van der Waals surface area contributed by atoms with Crippen molar-refractivity contribution in [1.29, 1.82) is 0 Å². The maximum atomic E-state index is 12.9. The molecule has 0 spiro atoms. The van der Waals surface area contributed by atoms with Crippen LogP contribution in [-0.4, -0.2) is 7.05 Å². The van der Waals surface area contributed by atoms with Crippen molar-refractivity contribution in [3.8, 4) is 0 Å². The molecule has 0 saturated heterocycles. The lowest BCUT2D eigenvalue weighted by molar-refractivity contribution is 0.538. The van der Waals surface area contributed by atoms with E-state index >= 15 is 0 Å². The van der Waals surface area contributed by atoms with Crippen molar-refractivity contribution in [2.24, 2.45) is 0 Å². The van der Waals surface area contributed by atoms with E-state index in [4.69, 9.17) is 10.2 Å². The van der Waals surface area contributed by atoms with Crippen molar-refractivity contribution in [3.63, 3.8) is 0 Å². The second kappa shape index (κ2) is 3.89. The van der Waals surface area contributed by atoms with Crippen LogP contribution in [0.5, 0.6) is 0 Å². The number of hydrogen-bond donors (Lipinski definition) is 1. The van der Waals surface area contributed by atoms with Gasteiger partial charge in [-0.05, 0) is 31.2 Å². The lowest BCUT2D eigenvalue weighted by Gasteiger charge is -2.18. The molecule has 84 valence electrons. The van der Waals surface area contributed by atoms with Crippen molar-refractivity contribution in [2.45, 2.75) is 6.92 Å². The van der Waals surface area contributed by atoms with Crippen molar-refractivity contribution < 1.29 is 8.81 Å². The first-order valence-electron chi connectivity index (χ1n) is 4.93. The van der Waals surface area contributed by atoms with Crippen molar-refractivity contribution >= 4 is 17.3 Å². The lowest BCUT2D eigenvalue weighted by Crippen LogP contribution is -2.10. The largest absolute Gasteiger partial charge is 0.446 e. The quantitative estimate of drug-likeness (QED) is 0.791. The molecule has 0 fully saturated rings. The third kappa shape index (κ3) is 1.86. The molecule has 2 N–H and O–H groups in total. The van der Waals surface area contributed by atoms with Gasteiger partial charge >= 0.3 is 0 Å². The van der Waals surface area contributed by atoms with E-state index in [-0.39, 0.29) is 5.82 Å². The first kappa shape index (κ1) is 10.5. The number of nitrogens with two attached hydrogens (primary N) is 1. The van der Waals surface area contributed by atoms with E-state index < -0.39 is 0 Å². The van der Waals surface area contributed by atoms with E-state index in [1.54, 1.807) is 11.0 Å². The molecule has 0 atom stereocenters. The van der Waals surface area contributed by atoms with Crippen LogP contribution >= 0.6 is 0 Å². The smallest absolute Gasteiger partial charge is 0.199 e.